The van der Waals surface area contributed by atoms with E-state index in [0.29, 0.717) is 12.2 Å². The Morgan fingerprint density at radius 2 is 1.53 bits per heavy atom. The maximum Gasteiger partial charge on any atom is 0.519 e. The molecule has 4 N–H and O–H groups in total. The highest BCUT2D eigenvalue weighted by Crippen LogP contribution is 2.28. The molecule has 0 unspecified atom stereocenters. The first-order valence-corrected chi connectivity index (χ1v) is 14.4. The number of ether oxygens (including phenoxy) is 1. The lowest BCUT2D eigenvalue weighted by molar-refractivity contribution is -0.160. The number of hydrogen-bond acceptors (Lipinski definition) is 13. The van der Waals surface area contributed by atoms with Crippen LogP contribution in [0.15, 0.2) is 88.1 Å². The SMILES string of the molecule is Cc1oc(=O)oc1CO.Cc1oc(=O)oc1COC(=O)[C@](C)(CO)C[C@@H](Cc1ccc(-c2ccccc2)cc1)NC(=O)c1cn[nH]n1. The monoisotopic (exact) mass is 650 g/mol. The number of aryl methyl sites for hydroxylation is 2. The molecule has 5 rings (SSSR count). The van der Waals surface area contributed by atoms with E-state index in [9.17, 15) is 24.3 Å². The number of amides is 1. The van der Waals surface area contributed by atoms with E-state index >= 15 is 0 Å². The van der Waals surface area contributed by atoms with Gasteiger partial charge in [-0.25, -0.2) is 9.59 Å². The van der Waals surface area contributed by atoms with Gasteiger partial charge in [-0.15, -0.1) is 0 Å². The van der Waals surface area contributed by atoms with Crippen molar-refractivity contribution in [3.8, 4) is 11.1 Å². The molecule has 47 heavy (non-hydrogen) atoms. The van der Waals surface area contributed by atoms with Crippen molar-refractivity contribution in [2.75, 3.05) is 6.61 Å². The lowest BCUT2D eigenvalue weighted by atomic mass is 9.82. The Morgan fingerprint density at radius 3 is 2.04 bits per heavy atom. The Bertz CT molecular complexity index is 1850. The van der Waals surface area contributed by atoms with Gasteiger partial charge in [0, 0.05) is 6.04 Å². The summed E-state index contributed by atoms with van der Waals surface area (Å²) in [6, 6.07) is 17.2. The molecule has 15 nitrogen and oxygen atoms in total. The highest BCUT2D eigenvalue weighted by molar-refractivity contribution is 5.92. The summed E-state index contributed by atoms with van der Waals surface area (Å²) in [5.74, 6) is -2.05. The topological polar surface area (TPSA) is 224 Å². The van der Waals surface area contributed by atoms with Gasteiger partial charge in [-0.2, -0.15) is 15.4 Å². The van der Waals surface area contributed by atoms with E-state index in [1.165, 1.54) is 13.1 Å². The predicted octanol–water partition coefficient (Wildman–Crippen LogP) is 2.83. The average Bonchev–Trinajstić information content (AvgIpc) is 3.80. The minimum atomic E-state index is -1.37. The standard InChI is InChI=1S/C27H28N4O7.C5H6O4/c1-17-23(38-26(35)37-17)15-36-25(34)27(2,16-32)13-21(29-24(33)22-14-28-31-30-22)12-18-8-10-20(11-9-18)19-6-4-3-5-7-19;1-3-4(2-6)9-5(7)8-3/h3-11,14,21,32H,12-13,15-16H2,1-2H3,(H,29,33)(H,28,30,31);6H,2H2,1H3/t21-,27+;/m1./s1. The van der Waals surface area contributed by atoms with Crippen molar-refractivity contribution >= 4 is 11.9 Å². The maximum absolute atomic E-state index is 13.0. The maximum atomic E-state index is 13.0. The van der Waals surface area contributed by atoms with E-state index in [0.717, 1.165) is 16.7 Å². The lowest BCUT2D eigenvalue weighted by Crippen LogP contribution is -2.44. The number of aromatic nitrogens is 3. The highest BCUT2D eigenvalue weighted by atomic mass is 16.6. The van der Waals surface area contributed by atoms with Crippen LogP contribution in [0.1, 0.15) is 52.4 Å². The number of H-pyrrole nitrogens is 1. The summed E-state index contributed by atoms with van der Waals surface area (Å²) in [6.07, 6.45) is 1.72. The normalized spacial score (nSPS) is 12.8. The van der Waals surface area contributed by atoms with Crippen LogP contribution in [-0.2, 0) is 29.2 Å². The minimum Gasteiger partial charge on any atom is -0.457 e. The molecule has 0 bridgehead atoms. The molecule has 15 heteroatoms. The number of esters is 1. The number of nitrogens with zero attached hydrogens (tertiary/aromatic N) is 2. The van der Waals surface area contributed by atoms with Gasteiger partial charge in [0.25, 0.3) is 5.91 Å². The number of hydrogen-bond donors (Lipinski definition) is 4. The van der Waals surface area contributed by atoms with Crippen LogP contribution in [0.4, 0.5) is 0 Å². The smallest absolute Gasteiger partial charge is 0.457 e. The van der Waals surface area contributed by atoms with Crippen molar-refractivity contribution in [3.05, 3.63) is 116 Å². The van der Waals surface area contributed by atoms with Gasteiger partial charge in [-0.3, -0.25) is 9.59 Å². The third-order valence-corrected chi connectivity index (χ3v) is 7.21. The van der Waals surface area contributed by atoms with Gasteiger partial charge in [0.1, 0.15) is 12.4 Å². The molecule has 248 valence electrons. The van der Waals surface area contributed by atoms with Crippen molar-refractivity contribution in [3.63, 3.8) is 0 Å². The fourth-order valence-corrected chi connectivity index (χ4v) is 4.58. The molecule has 0 aliphatic carbocycles. The van der Waals surface area contributed by atoms with Gasteiger partial charge in [-0.05, 0) is 50.3 Å². The largest absolute Gasteiger partial charge is 0.519 e. The van der Waals surface area contributed by atoms with Crippen molar-refractivity contribution in [1.29, 1.82) is 0 Å². The predicted molar refractivity (Wildman–Crippen MR) is 163 cm³/mol. The van der Waals surface area contributed by atoms with Crippen LogP contribution in [0.2, 0.25) is 0 Å². The number of rotatable bonds is 12. The van der Waals surface area contributed by atoms with E-state index in [2.05, 4.69) is 29.6 Å². The summed E-state index contributed by atoms with van der Waals surface area (Å²) in [7, 11) is 0. The first-order valence-electron chi connectivity index (χ1n) is 14.4. The Hall–Kier alpha value is -5.54. The highest BCUT2D eigenvalue weighted by Gasteiger charge is 2.38. The molecule has 1 amide bonds. The Morgan fingerprint density at radius 1 is 0.915 bits per heavy atom. The van der Waals surface area contributed by atoms with E-state index in [1.807, 2.05) is 54.6 Å². The van der Waals surface area contributed by atoms with Crippen molar-refractivity contribution < 1.29 is 42.2 Å². The molecule has 2 aromatic carbocycles. The Balaban J connectivity index is 0.000000479. The molecular formula is C32H34N4O11. The summed E-state index contributed by atoms with van der Waals surface area (Å²) in [6.45, 7) is 3.44. The molecule has 0 radical (unpaired) electrons. The molecule has 0 aliphatic rings. The lowest BCUT2D eigenvalue weighted by Gasteiger charge is -2.30. The van der Waals surface area contributed by atoms with Crippen LogP contribution in [0.25, 0.3) is 11.1 Å². The van der Waals surface area contributed by atoms with Gasteiger partial charge in [0.2, 0.25) is 0 Å². The summed E-state index contributed by atoms with van der Waals surface area (Å²) < 4.78 is 23.8. The van der Waals surface area contributed by atoms with Crippen LogP contribution in [-0.4, -0.2) is 50.1 Å². The summed E-state index contributed by atoms with van der Waals surface area (Å²) in [4.78, 5) is 47.3. The zero-order valence-corrected chi connectivity index (χ0v) is 25.8. The van der Waals surface area contributed by atoms with Crippen LogP contribution in [0.3, 0.4) is 0 Å². The Labute approximate surface area is 267 Å². The van der Waals surface area contributed by atoms with Gasteiger partial charge < -0.3 is 37.9 Å². The fraction of sp³-hybridized carbons (Fsp3) is 0.312. The molecular weight excluding hydrogens is 616 g/mol. The second-order valence-electron chi connectivity index (χ2n) is 10.8. The second-order valence-corrected chi connectivity index (χ2v) is 10.8. The third kappa shape index (κ3) is 9.24. The molecule has 2 atom stereocenters. The zero-order chi connectivity index (χ0) is 34.0. The third-order valence-electron chi connectivity index (χ3n) is 7.21. The molecule has 0 saturated heterocycles. The molecule has 0 aliphatic heterocycles. The zero-order valence-electron chi connectivity index (χ0n) is 25.8. The van der Waals surface area contributed by atoms with E-state index in [4.69, 9.17) is 18.7 Å². The Kier molecular flexibility index (Phi) is 11.4. The van der Waals surface area contributed by atoms with E-state index in [-0.39, 0.29) is 42.6 Å². The van der Waals surface area contributed by atoms with Crippen molar-refractivity contribution in [2.45, 2.75) is 52.9 Å². The number of benzene rings is 2. The molecule has 0 saturated carbocycles. The minimum absolute atomic E-state index is 0.0562. The first kappa shape index (κ1) is 34.3. The number of aliphatic hydroxyl groups excluding tert-OH is 2. The number of aromatic amines is 1. The second kappa shape index (κ2) is 15.6. The van der Waals surface area contributed by atoms with Crippen LogP contribution in [0, 0.1) is 19.3 Å². The molecule has 0 spiro atoms. The molecule has 3 aromatic heterocycles. The van der Waals surface area contributed by atoms with Gasteiger partial charge in [0.05, 0.1) is 18.2 Å². The average molecular weight is 651 g/mol. The fourth-order valence-electron chi connectivity index (χ4n) is 4.58. The van der Waals surface area contributed by atoms with Crippen LogP contribution < -0.4 is 17.0 Å². The number of nitrogens with one attached hydrogen (secondary N) is 2. The molecule has 3 heterocycles. The summed E-state index contributed by atoms with van der Waals surface area (Å²) in [5.41, 5.74) is 1.76. The quantitative estimate of drug-likeness (QED) is 0.143. The number of carbonyl (C=O) groups is 2. The molecule has 0 fully saturated rings. The van der Waals surface area contributed by atoms with Gasteiger partial charge >= 0.3 is 17.6 Å². The number of carbonyl (C=O) groups excluding carboxylic acids is 2. The summed E-state index contributed by atoms with van der Waals surface area (Å²) >= 11 is 0. The number of aliphatic hydroxyl groups is 2. The molecule has 5 aromatic rings. The van der Waals surface area contributed by atoms with E-state index < -0.39 is 41.6 Å². The first-order chi connectivity index (χ1) is 22.5. The van der Waals surface area contributed by atoms with Crippen LogP contribution >= 0.6 is 0 Å². The van der Waals surface area contributed by atoms with Crippen molar-refractivity contribution in [2.24, 2.45) is 5.41 Å². The van der Waals surface area contributed by atoms with E-state index in [1.54, 1.807) is 13.8 Å². The van der Waals surface area contributed by atoms with Gasteiger partial charge in [0.15, 0.2) is 29.6 Å². The summed E-state index contributed by atoms with van der Waals surface area (Å²) in [5, 5.41) is 31.4. The van der Waals surface area contributed by atoms with Crippen LogP contribution in [0.5, 0.6) is 0 Å². The van der Waals surface area contributed by atoms with Crippen molar-refractivity contribution in [1.82, 2.24) is 20.7 Å². The van der Waals surface area contributed by atoms with Gasteiger partial charge in [-0.1, -0.05) is 54.6 Å².